The molecule has 0 aliphatic carbocycles. The van der Waals surface area contributed by atoms with E-state index in [1.54, 1.807) is 0 Å². The van der Waals surface area contributed by atoms with E-state index in [0.717, 1.165) is 45.4 Å². The van der Waals surface area contributed by atoms with Gasteiger partial charge in [0.05, 0.1) is 13.2 Å². The van der Waals surface area contributed by atoms with E-state index < -0.39 is 0 Å². The maximum absolute atomic E-state index is 5.42. The van der Waals surface area contributed by atoms with Crippen LogP contribution in [0.1, 0.15) is 40.0 Å². The Morgan fingerprint density at radius 3 is 2.43 bits per heavy atom. The molecule has 0 aromatic carbocycles. The van der Waals surface area contributed by atoms with Gasteiger partial charge >= 0.3 is 0 Å². The maximum atomic E-state index is 5.42. The molecule has 1 fully saturated rings. The van der Waals surface area contributed by atoms with E-state index >= 15 is 0 Å². The number of nitrogens with one attached hydrogen (secondary N) is 2. The molecule has 0 amide bonds. The van der Waals surface area contributed by atoms with E-state index in [2.05, 4.69) is 41.3 Å². The quantitative estimate of drug-likeness (QED) is 0.291. The molecule has 1 saturated heterocycles. The van der Waals surface area contributed by atoms with Crippen LogP contribution in [0.25, 0.3) is 0 Å². The van der Waals surface area contributed by atoms with Crippen LogP contribution in [0.3, 0.4) is 0 Å². The summed E-state index contributed by atoms with van der Waals surface area (Å²) in [6.07, 6.45) is 3.71. The highest BCUT2D eigenvalue weighted by Crippen LogP contribution is 2.14. The third-order valence-electron chi connectivity index (χ3n) is 3.85. The van der Waals surface area contributed by atoms with Crippen LogP contribution in [0, 0.1) is 0 Å². The molecule has 5 nitrogen and oxygen atoms in total. The molecular formula is C15H33IN4O. The lowest BCUT2D eigenvalue weighted by Crippen LogP contribution is -2.56. The van der Waals surface area contributed by atoms with Gasteiger partial charge in [0, 0.05) is 38.8 Å². The molecule has 0 saturated carbocycles. The van der Waals surface area contributed by atoms with E-state index in [1.165, 1.54) is 19.3 Å². The predicted octanol–water partition coefficient (Wildman–Crippen LogP) is 2.07. The lowest BCUT2D eigenvalue weighted by atomic mass is 10.0. The van der Waals surface area contributed by atoms with Gasteiger partial charge in [-0.2, -0.15) is 0 Å². The molecule has 126 valence electrons. The first-order valence-corrected chi connectivity index (χ1v) is 7.87. The first-order valence-electron chi connectivity index (χ1n) is 7.87. The molecule has 0 bridgehead atoms. The fourth-order valence-electron chi connectivity index (χ4n) is 2.38. The third-order valence-corrected chi connectivity index (χ3v) is 3.85. The van der Waals surface area contributed by atoms with E-state index in [0.29, 0.717) is 0 Å². The van der Waals surface area contributed by atoms with Gasteiger partial charge in [-0.1, -0.05) is 19.8 Å². The van der Waals surface area contributed by atoms with Crippen molar-refractivity contribution in [2.24, 2.45) is 4.99 Å². The number of halogens is 1. The van der Waals surface area contributed by atoms with Gasteiger partial charge in [0.15, 0.2) is 5.96 Å². The van der Waals surface area contributed by atoms with Gasteiger partial charge in [-0.25, -0.2) is 0 Å². The van der Waals surface area contributed by atoms with Crippen molar-refractivity contribution in [2.75, 3.05) is 46.4 Å². The smallest absolute Gasteiger partial charge is 0.191 e. The summed E-state index contributed by atoms with van der Waals surface area (Å²) in [5.41, 5.74) is 0.116. The summed E-state index contributed by atoms with van der Waals surface area (Å²) in [4.78, 5) is 6.77. The largest absolute Gasteiger partial charge is 0.379 e. The number of nitrogens with zero attached hydrogens (tertiary/aromatic N) is 2. The number of hydrogen-bond acceptors (Lipinski definition) is 3. The van der Waals surface area contributed by atoms with E-state index in [9.17, 15) is 0 Å². The first kappa shape index (κ1) is 20.9. The molecule has 1 rings (SSSR count). The van der Waals surface area contributed by atoms with Crippen molar-refractivity contribution in [3.63, 3.8) is 0 Å². The molecule has 1 heterocycles. The summed E-state index contributed by atoms with van der Waals surface area (Å²) >= 11 is 0. The fourth-order valence-corrected chi connectivity index (χ4v) is 2.38. The highest BCUT2D eigenvalue weighted by molar-refractivity contribution is 14.0. The van der Waals surface area contributed by atoms with Gasteiger partial charge in [0.25, 0.3) is 0 Å². The molecule has 0 atom stereocenters. The number of rotatable bonds is 7. The second-order valence-electron chi connectivity index (χ2n) is 5.97. The summed E-state index contributed by atoms with van der Waals surface area (Å²) in [5, 5.41) is 6.82. The zero-order valence-electron chi connectivity index (χ0n) is 14.1. The normalized spacial score (nSPS) is 17.2. The molecule has 0 unspecified atom stereocenters. The number of hydrogen-bond donors (Lipinski definition) is 2. The molecule has 2 N–H and O–H groups in total. The summed E-state index contributed by atoms with van der Waals surface area (Å²) in [6.45, 7) is 12.4. The SMILES string of the molecule is CCCCCNC(=NC)NCC(C)(C)N1CCOCC1.I. The fraction of sp³-hybridized carbons (Fsp3) is 0.933. The standard InChI is InChI=1S/C15H32N4O.HI/c1-5-6-7-8-17-14(16-4)18-13-15(2,3)19-9-11-20-12-10-19;/h5-13H2,1-4H3,(H2,16,17,18);1H. The van der Waals surface area contributed by atoms with Crippen molar-refractivity contribution < 1.29 is 4.74 Å². The van der Waals surface area contributed by atoms with Gasteiger partial charge in [0.1, 0.15) is 0 Å². The molecule has 0 aromatic heterocycles. The Morgan fingerprint density at radius 1 is 1.19 bits per heavy atom. The van der Waals surface area contributed by atoms with Crippen molar-refractivity contribution in [1.29, 1.82) is 0 Å². The molecule has 1 aliphatic heterocycles. The number of aliphatic imine (C=N–C) groups is 1. The minimum atomic E-state index is 0. The van der Waals surface area contributed by atoms with Crippen LogP contribution >= 0.6 is 24.0 Å². The highest BCUT2D eigenvalue weighted by Gasteiger charge is 2.28. The minimum absolute atomic E-state index is 0. The maximum Gasteiger partial charge on any atom is 0.191 e. The Morgan fingerprint density at radius 2 is 1.86 bits per heavy atom. The summed E-state index contributed by atoms with van der Waals surface area (Å²) in [6, 6.07) is 0. The van der Waals surface area contributed by atoms with Crippen molar-refractivity contribution in [3.05, 3.63) is 0 Å². The first-order chi connectivity index (χ1) is 9.60. The molecule has 0 aromatic rings. The van der Waals surface area contributed by atoms with Crippen LogP contribution in [-0.4, -0.2) is 62.8 Å². The van der Waals surface area contributed by atoms with Crippen molar-refractivity contribution in [1.82, 2.24) is 15.5 Å². The Labute approximate surface area is 147 Å². The van der Waals surface area contributed by atoms with Crippen LogP contribution in [-0.2, 0) is 4.74 Å². The average Bonchev–Trinajstić information content (AvgIpc) is 2.47. The minimum Gasteiger partial charge on any atom is -0.379 e. The molecule has 0 radical (unpaired) electrons. The van der Waals surface area contributed by atoms with Gasteiger partial charge < -0.3 is 15.4 Å². The lowest BCUT2D eigenvalue weighted by Gasteiger charge is -2.41. The lowest BCUT2D eigenvalue weighted by molar-refractivity contribution is -0.00833. The predicted molar refractivity (Wildman–Crippen MR) is 101 cm³/mol. The molecular weight excluding hydrogens is 379 g/mol. The van der Waals surface area contributed by atoms with E-state index in [1.807, 2.05) is 7.05 Å². The Bertz CT molecular complexity index is 291. The number of guanidine groups is 1. The van der Waals surface area contributed by atoms with Crippen molar-refractivity contribution in [2.45, 2.75) is 45.6 Å². The van der Waals surface area contributed by atoms with E-state index in [4.69, 9.17) is 4.74 Å². The average molecular weight is 412 g/mol. The summed E-state index contributed by atoms with van der Waals surface area (Å²) in [5.74, 6) is 0.905. The van der Waals surface area contributed by atoms with Crippen molar-refractivity contribution in [3.8, 4) is 0 Å². The summed E-state index contributed by atoms with van der Waals surface area (Å²) < 4.78 is 5.42. The molecule has 6 heteroatoms. The van der Waals surface area contributed by atoms with Crippen LogP contribution in [0.4, 0.5) is 0 Å². The summed E-state index contributed by atoms with van der Waals surface area (Å²) in [7, 11) is 1.83. The van der Waals surface area contributed by atoms with Crippen LogP contribution in [0.15, 0.2) is 4.99 Å². The highest BCUT2D eigenvalue weighted by atomic mass is 127. The Kier molecular flexibility index (Phi) is 11.4. The Balaban J connectivity index is 0.00000400. The second-order valence-corrected chi connectivity index (χ2v) is 5.97. The van der Waals surface area contributed by atoms with Crippen molar-refractivity contribution >= 4 is 29.9 Å². The third kappa shape index (κ3) is 8.21. The number of morpholine rings is 1. The van der Waals surface area contributed by atoms with Gasteiger partial charge in [-0.3, -0.25) is 9.89 Å². The van der Waals surface area contributed by atoms with Gasteiger partial charge in [0.2, 0.25) is 0 Å². The van der Waals surface area contributed by atoms with Gasteiger partial charge in [-0.05, 0) is 20.3 Å². The van der Waals surface area contributed by atoms with Crippen LogP contribution in [0.2, 0.25) is 0 Å². The second kappa shape index (κ2) is 11.5. The van der Waals surface area contributed by atoms with Gasteiger partial charge in [-0.15, -0.1) is 24.0 Å². The molecule has 1 aliphatic rings. The van der Waals surface area contributed by atoms with E-state index in [-0.39, 0.29) is 29.5 Å². The van der Waals surface area contributed by atoms with Crippen LogP contribution in [0.5, 0.6) is 0 Å². The number of unbranched alkanes of at least 4 members (excludes halogenated alkanes) is 2. The number of ether oxygens (including phenoxy) is 1. The zero-order valence-corrected chi connectivity index (χ0v) is 16.4. The molecule has 0 spiro atoms. The topological polar surface area (TPSA) is 48.9 Å². The Hall–Kier alpha value is -0.0800. The zero-order chi connectivity index (χ0) is 14.8. The monoisotopic (exact) mass is 412 g/mol. The molecule has 21 heavy (non-hydrogen) atoms. The van der Waals surface area contributed by atoms with Crippen LogP contribution < -0.4 is 10.6 Å².